The third-order valence-electron chi connectivity index (χ3n) is 3.60. The Morgan fingerprint density at radius 2 is 2.04 bits per heavy atom. The summed E-state index contributed by atoms with van der Waals surface area (Å²) >= 11 is 1.06. The molecule has 2 N–H and O–H groups in total. The van der Waals surface area contributed by atoms with Gasteiger partial charge in [-0.2, -0.15) is 5.10 Å². The molecule has 27 heavy (non-hydrogen) atoms. The van der Waals surface area contributed by atoms with Crippen molar-refractivity contribution in [1.82, 2.24) is 5.32 Å². The van der Waals surface area contributed by atoms with Crippen LogP contribution in [0.4, 0.5) is 0 Å². The number of carbonyl (C=O) groups excluding carboxylic acids is 1. The molecule has 3 rings (SSSR count). The Morgan fingerprint density at radius 1 is 1.22 bits per heavy atom. The maximum Gasteiger partial charge on any atom is 0.305 e. The van der Waals surface area contributed by atoms with E-state index in [1.807, 2.05) is 54.6 Å². The number of amidine groups is 1. The van der Waals surface area contributed by atoms with Crippen LogP contribution < -0.4 is 10.1 Å². The molecule has 1 amide bonds. The zero-order valence-electron chi connectivity index (χ0n) is 14.2. The number of benzene rings is 2. The second-order valence-corrected chi connectivity index (χ2v) is 6.88. The minimum atomic E-state index is -1.03. The highest BCUT2D eigenvalue weighted by Gasteiger charge is 2.32. The summed E-state index contributed by atoms with van der Waals surface area (Å²) < 4.78 is 5.76. The molecule has 0 radical (unpaired) electrons. The van der Waals surface area contributed by atoms with Gasteiger partial charge in [-0.1, -0.05) is 54.2 Å². The number of nitrogens with one attached hydrogen (secondary N) is 1. The first-order chi connectivity index (χ1) is 13.1. The lowest BCUT2D eigenvalue weighted by atomic mass is 10.2. The summed E-state index contributed by atoms with van der Waals surface area (Å²) in [6.07, 6.45) is 1.29. The van der Waals surface area contributed by atoms with Gasteiger partial charge in [-0.25, -0.2) is 0 Å². The Kier molecular flexibility index (Phi) is 6.22. The molecule has 0 saturated carbocycles. The second kappa shape index (κ2) is 9.00. The molecule has 2 aromatic rings. The molecule has 2 aromatic carbocycles. The number of carboxylic acid groups (broad SMARTS) is 1. The maximum absolute atomic E-state index is 11.6. The first-order valence-corrected chi connectivity index (χ1v) is 9.05. The summed E-state index contributed by atoms with van der Waals surface area (Å²) in [5.41, 5.74) is 1.87. The molecule has 0 unspecified atom stereocenters. The minimum absolute atomic E-state index is 0.250. The minimum Gasteiger partial charge on any atom is -0.489 e. The molecule has 0 aromatic heterocycles. The quantitative estimate of drug-likeness (QED) is 0.566. The van der Waals surface area contributed by atoms with E-state index >= 15 is 0 Å². The Morgan fingerprint density at radius 3 is 2.81 bits per heavy atom. The van der Waals surface area contributed by atoms with Crippen LogP contribution in [-0.2, 0) is 16.2 Å². The van der Waals surface area contributed by atoms with E-state index in [1.54, 1.807) is 6.21 Å². The van der Waals surface area contributed by atoms with Crippen molar-refractivity contribution in [2.75, 3.05) is 0 Å². The van der Waals surface area contributed by atoms with Crippen molar-refractivity contribution in [2.45, 2.75) is 18.3 Å². The van der Waals surface area contributed by atoms with Crippen LogP contribution in [0, 0.1) is 0 Å². The first-order valence-electron chi connectivity index (χ1n) is 8.17. The number of carboxylic acids is 1. The SMILES string of the molecule is O=C(O)C[C@@H]1S/C(=N\N=C/c2cccc(OCc3ccccc3)c2)NC1=O. The lowest BCUT2D eigenvalue weighted by Gasteiger charge is -2.06. The Bertz CT molecular complexity index is 884. The van der Waals surface area contributed by atoms with E-state index in [2.05, 4.69) is 15.5 Å². The van der Waals surface area contributed by atoms with Crippen molar-refractivity contribution >= 4 is 35.0 Å². The smallest absolute Gasteiger partial charge is 0.305 e. The number of hydrogen-bond acceptors (Lipinski definition) is 6. The average Bonchev–Trinajstić information content (AvgIpc) is 3.00. The second-order valence-electron chi connectivity index (χ2n) is 5.69. The van der Waals surface area contributed by atoms with E-state index in [9.17, 15) is 9.59 Å². The third kappa shape index (κ3) is 5.68. The van der Waals surface area contributed by atoms with E-state index in [-0.39, 0.29) is 12.3 Å². The fourth-order valence-electron chi connectivity index (χ4n) is 2.32. The summed E-state index contributed by atoms with van der Waals surface area (Å²) in [6.45, 7) is 0.470. The lowest BCUT2D eigenvalue weighted by Crippen LogP contribution is -2.26. The lowest BCUT2D eigenvalue weighted by molar-refractivity contribution is -0.138. The van der Waals surface area contributed by atoms with Crippen molar-refractivity contribution in [2.24, 2.45) is 10.2 Å². The number of thioether (sulfide) groups is 1. The van der Waals surface area contributed by atoms with E-state index in [1.165, 1.54) is 0 Å². The topological polar surface area (TPSA) is 100 Å². The van der Waals surface area contributed by atoms with Crippen LogP contribution >= 0.6 is 11.8 Å². The molecule has 0 spiro atoms. The number of ether oxygens (including phenoxy) is 1. The van der Waals surface area contributed by atoms with Crippen LogP contribution in [0.3, 0.4) is 0 Å². The van der Waals surface area contributed by atoms with Gasteiger partial charge in [-0.3, -0.25) is 9.59 Å². The van der Waals surface area contributed by atoms with Gasteiger partial charge >= 0.3 is 5.97 Å². The summed E-state index contributed by atoms with van der Waals surface area (Å²) in [4.78, 5) is 22.3. The zero-order valence-corrected chi connectivity index (χ0v) is 15.1. The van der Waals surface area contributed by atoms with E-state index in [4.69, 9.17) is 9.84 Å². The zero-order chi connectivity index (χ0) is 19.1. The van der Waals surface area contributed by atoms with Crippen LogP contribution in [0.2, 0.25) is 0 Å². The maximum atomic E-state index is 11.6. The van der Waals surface area contributed by atoms with E-state index in [0.29, 0.717) is 17.5 Å². The first kappa shape index (κ1) is 18.7. The number of aliphatic carboxylic acids is 1. The van der Waals surface area contributed by atoms with E-state index in [0.717, 1.165) is 22.9 Å². The molecule has 1 saturated heterocycles. The molecule has 1 atom stereocenters. The third-order valence-corrected chi connectivity index (χ3v) is 4.67. The summed E-state index contributed by atoms with van der Waals surface area (Å²) in [6, 6.07) is 17.3. The van der Waals surface area contributed by atoms with Gasteiger partial charge in [0.25, 0.3) is 0 Å². The molecule has 0 bridgehead atoms. The number of amides is 1. The molecule has 138 valence electrons. The highest BCUT2D eigenvalue weighted by Crippen LogP contribution is 2.22. The van der Waals surface area contributed by atoms with Gasteiger partial charge < -0.3 is 15.2 Å². The molecule has 8 heteroatoms. The molecule has 7 nitrogen and oxygen atoms in total. The molecule has 1 heterocycles. The standard InChI is InChI=1S/C19H17N3O4S/c23-17(24)10-16-18(25)21-19(27-16)22-20-11-14-7-4-8-15(9-14)26-12-13-5-2-1-3-6-13/h1-9,11,16H,10,12H2,(H,23,24)(H,21,22,25)/b20-11-/t16-/m0/s1. The predicted molar refractivity (Wildman–Crippen MR) is 104 cm³/mol. The monoisotopic (exact) mass is 383 g/mol. The number of carbonyl (C=O) groups is 2. The van der Waals surface area contributed by atoms with Gasteiger partial charge in [-0.05, 0) is 23.3 Å². The fourth-order valence-corrected chi connectivity index (χ4v) is 3.23. The molecule has 0 aliphatic carbocycles. The number of hydrogen-bond donors (Lipinski definition) is 2. The van der Waals surface area contributed by atoms with Crippen molar-refractivity contribution < 1.29 is 19.4 Å². The van der Waals surface area contributed by atoms with Gasteiger partial charge in [0.1, 0.15) is 17.6 Å². The summed E-state index contributed by atoms with van der Waals surface area (Å²) in [7, 11) is 0. The predicted octanol–water partition coefficient (Wildman–Crippen LogP) is 2.66. The van der Waals surface area contributed by atoms with Crippen LogP contribution in [0.15, 0.2) is 64.8 Å². The van der Waals surface area contributed by atoms with Gasteiger partial charge in [0.2, 0.25) is 5.91 Å². The Labute approximate surface area is 160 Å². The van der Waals surface area contributed by atoms with Crippen LogP contribution in [-0.4, -0.2) is 33.6 Å². The van der Waals surface area contributed by atoms with Crippen molar-refractivity contribution in [3.8, 4) is 5.75 Å². The fraction of sp³-hybridized carbons (Fsp3) is 0.158. The van der Waals surface area contributed by atoms with Crippen LogP contribution in [0.25, 0.3) is 0 Å². The van der Waals surface area contributed by atoms with Crippen LogP contribution in [0.1, 0.15) is 17.5 Å². The Balaban J connectivity index is 1.57. The highest BCUT2D eigenvalue weighted by atomic mass is 32.2. The van der Waals surface area contributed by atoms with E-state index < -0.39 is 11.2 Å². The summed E-state index contributed by atoms with van der Waals surface area (Å²) in [5.74, 6) is -0.687. The molecule has 1 aliphatic heterocycles. The molecular formula is C19H17N3O4S. The summed E-state index contributed by atoms with van der Waals surface area (Å²) in [5, 5.41) is 18.8. The molecule has 1 fully saturated rings. The highest BCUT2D eigenvalue weighted by molar-refractivity contribution is 8.15. The average molecular weight is 383 g/mol. The molecule has 1 aliphatic rings. The Hall–Kier alpha value is -3.13. The van der Waals surface area contributed by atoms with Crippen molar-refractivity contribution in [3.05, 3.63) is 65.7 Å². The normalized spacial score (nSPS) is 18.0. The van der Waals surface area contributed by atoms with Crippen molar-refractivity contribution in [1.29, 1.82) is 0 Å². The number of nitrogens with zero attached hydrogens (tertiary/aromatic N) is 2. The van der Waals surface area contributed by atoms with Crippen LogP contribution in [0.5, 0.6) is 5.75 Å². The largest absolute Gasteiger partial charge is 0.489 e. The van der Waals surface area contributed by atoms with Gasteiger partial charge in [0, 0.05) is 0 Å². The van der Waals surface area contributed by atoms with Gasteiger partial charge in [0.05, 0.1) is 12.6 Å². The van der Waals surface area contributed by atoms with Crippen molar-refractivity contribution in [3.63, 3.8) is 0 Å². The number of rotatable bonds is 7. The van der Waals surface area contributed by atoms with Gasteiger partial charge in [-0.15, -0.1) is 5.10 Å². The van der Waals surface area contributed by atoms with Gasteiger partial charge in [0.15, 0.2) is 5.17 Å². The molecular weight excluding hydrogens is 366 g/mol.